The third kappa shape index (κ3) is 3.54. The van der Waals surface area contributed by atoms with Gasteiger partial charge in [0.1, 0.15) is 5.82 Å². The van der Waals surface area contributed by atoms with E-state index < -0.39 is 5.82 Å². The van der Waals surface area contributed by atoms with E-state index in [4.69, 9.17) is 16.2 Å². The minimum absolute atomic E-state index is 0.0507. The lowest BCUT2D eigenvalue weighted by Crippen LogP contribution is -2.33. The van der Waals surface area contributed by atoms with E-state index in [-0.39, 0.29) is 17.7 Å². The normalized spacial score (nSPS) is 20.9. The predicted molar refractivity (Wildman–Crippen MR) is 91.4 cm³/mol. The first-order chi connectivity index (χ1) is 12.0. The van der Waals surface area contributed by atoms with Crippen LogP contribution in [0.3, 0.4) is 0 Å². The van der Waals surface area contributed by atoms with Crippen molar-refractivity contribution in [3.63, 3.8) is 0 Å². The number of amides is 1. The van der Waals surface area contributed by atoms with Crippen molar-refractivity contribution in [1.82, 2.24) is 14.9 Å². The number of nitrogens with zero attached hydrogens (tertiary/aromatic N) is 3. The number of hydrogen-bond donors (Lipinski definition) is 2. The predicted octanol–water partition coefficient (Wildman–Crippen LogP) is 0.312. The lowest BCUT2D eigenvalue weighted by atomic mass is 9.96. The van der Waals surface area contributed by atoms with Gasteiger partial charge >= 0.3 is 0 Å². The molecular weight excluding hydrogens is 325 g/mol. The maximum absolute atomic E-state index is 14.3. The van der Waals surface area contributed by atoms with Crippen LogP contribution in [0.5, 0.6) is 5.88 Å². The summed E-state index contributed by atoms with van der Waals surface area (Å²) in [4.78, 5) is 22.0. The number of likely N-dealkylation sites (tertiary alicyclic amines) is 1. The van der Waals surface area contributed by atoms with E-state index in [1.165, 1.54) is 13.3 Å². The second-order valence-corrected chi connectivity index (χ2v) is 6.32. The number of halogens is 1. The van der Waals surface area contributed by atoms with Gasteiger partial charge in [0, 0.05) is 31.3 Å². The van der Waals surface area contributed by atoms with E-state index >= 15 is 0 Å². The first-order valence-electron chi connectivity index (χ1n) is 8.23. The van der Waals surface area contributed by atoms with Crippen molar-refractivity contribution in [2.75, 3.05) is 33.3 Å². The second-order valence-electron chi connectivity index (χ2n) is 6.32. The van der Waals surface area contributed by atoms with Crippen LogP contribution in [0.4, 0.5) is 4.39 Å². The zero-order valence-corrected chi connectivity index (χ0v) is 14.1. The SMILES string of the molecule is COc1ccc2ncc(F)c(CCN3C[C@H](CN)[C@H](C(N)=O)C3)c2n1. The summed E-state index contributed by atoms with van der Waals surface area (Å²) in [5.74, 6) is -0.504. The van der Waals surface area contributed by atoms with Gasteiger partial charge in [0.05, 0.1) is 30.3 Å². The quantitative estimate of drug-likeness (QED) is 0.779. The Balaban J connectivity index is 1.79. The van der Waals surface area contributed by atoms with Crippen molar-refractivity contribution >= 4 is 16.9 Å². The fourth-order valence-electron chi connectivity index (χ4n) is 3.40. The summed E-state index contributed by atoms with van der Waals surface area (Å²) < 4.78 is 19.4. The van der Waals surface area contributed by atoms with Crippen molar-refractivity contribution in [2.45, 2.75) is 6.42 Å². The third-order valence-electron chi connectivity index (χ3n) is 4.81. The van der Waals surface area contributed by atoms with Crippen molar-refractivity contribution in [3.05, 3.63) is 29.7 Å². The molecule has 2 aromatic heterocycles. The Labute approximate surface area is 145 Å². The average Bonchev–Trinajstić information content (AvgIpc) is 3.04. The molecule has 1 aliphatic rings. The van der Waals surface area contributed by atoms with Gasteiger partial charge in [-0.05, 0) is 24.9 Å². The van der Waals surface area contributed by atoms with Gasteiger partial charge in [0.15, 0.2) is 0 Å². The zero-order valence-electron chi connectivity index (χ0n) is 14.1. The number of fused-ring (bicyclic) bond motifs is 1. The summed E-state index contributed by atoms with van der Waals surface area (Å²) in [6.07, 6.45) is 1.67. The molecule has 0 saturated carbocycles. The standard InChI is InChI=1S/C17H22FN5O2/c1-25-15-3-2-14-16(22-15)11(13(18)7-21-14)4-5-23-8-10(6-19)12(9-23)17(20)24/h2-3,7,10,12H,4-6,8-9,19H2,1H3,(H2,20,24)/t10-,12+/m0/s1. The molecule has 3 heterocycles. The monoisotopic (exact) mass is 347 g/mol. The minimum atomic E-state index is -0.394. The van der Waals surface area contributed by atoms with E-state index in [0.29, 0.717) is 55.1 Å². The molecule has 1 saturated heterocycles. The van der Waals surface area contributed by atoms with E-state index in [1.807, 2.05) is 0 Å². The molecule has 7 nitrogen and oxygen atoms in total. The molecular formula is C17H22FN5O2. The number of pyridine rings is 2. The summed E-state index contributed by atoms with van der Waals surface area (Å²) in [6.45, 7) is 2.24. The molecule has 2 aromatic rings. The molecule has 3 rings (SSSR count). The summed E-state index contributed by atoms with van der Waals surface area (Å²) in [5, 5.41) is 0. The molecule has 1 fully saturated rings. The largest absolute Gasteiger partial charge is 0.481 e. The van der Waals surface area contributed by atoms with Gasteiger partial charge < -0.3 is 21.1 Å². The lowest BCUT2D eigenvalue weighted by molar-refractivity contribution is -0.122. The Morgan fingerprint density at radius 2 is 2.24 bits per heavy atom. The highest BCUT2D eigenvalue weighted by Gasteiger charge is 2.35. The van der Waals surface area contributed by atoms with Crippen LogP contribution in [0.15, 0.2) is 18.3 Å². The van der Waals surface area contributed by atoms with E-state index in [2.05, 4.69) is 14.9 Å². The van der Waals surface area contributed by atoms with Crippen molar-refractivity contribution < 1.29 is 13.9 Å². The third-order valence-corrected chi connectivity index (χ3v) is 4.81. The molecule has 1 amide bonds. The number of ether oxygens (including phenoxy) is 1. The Kier molecular flexibility index (Phi) is 5.10. The van der Waals surface area contributed by atoms with E-state index in [9.17, 15) is 9.18 Å². The molecule has 8 heteroatoms. The minimum Gasteiger partial charge on any atom is -0.481 e. The van der Waals surface area contributed by atoms with Gasteiger partial charge in [-0.3, -0.25) is 9.78 Å². The van der Waals surface area contributed by atoms with Gasteiger partial charge in [-0.25, -0.2) is 9.37 Å². The Morgan fingerprint density at radius 3 is 2.88 bits per heavy atom. The van der Waals surface area contributed by atoms with Crippen molar-refractivity contribution in [2.24, 2.45) is 23.3 Å². The van der Waals surface area contributed by atoms with Crippen LogP contribution in [0.25, 0.3) is 11.0 Å². The van der Waals surface area contributed by atoms with Gasteiger partial charge in [-0.15, -0.1) is 0 Å². The number of primary amides is 1. The summed E-state index contributed by atoms with van der Waals surface area (Å²) in [7, 11) is 1.52. The number of carbonyl (C=O) groups excluding carboxylic acids is 1. The molecule has 0 bridgehead atoms. The number of nitrogens with two attached hydrogens (primary N) is 2. The highest BCUT2D eigenvalue weighted by Crippen LogP contribution is 2.25. The fraction of sp³-hybridized carbons (Fsp3) is 0.471. The average molecular weight is 347 g/mol. The summed E-state index contributed by atoms with van der Waals surface area (Å²) >= 11 is 0. The van der Waals surface area contributed by atoms with Crippen LogP contribution in [-0.2, 0) is 11.2 Å². The number of hydrogen-bond acceptors (Lipinski definition) is 6. The molecule has 0 aromatic carbocycles. The molecule has 2 atom stereocenters. The number of methoxy groups -OCH3 is 1. The number of rotatable bonds is 6. The highest BCUT2D eigenvalue weighted by molar-refractivity contribution is 5.78. The first kappa shape index (κ1) is 17.5. The van der Waals surface area contributed by atoms with Gasteiger partial charge in [0.25, 0.3) is 0 Å². The molecule has 1 aliphatic heterocycles. The Morgan fingerprint density at radius 1 is 1.44 bits per heavy atom. The van der Waals surface area contributed by atoms with E-state index in [0.717, 1.165) is 0 Å². The molecule has 0 spiro atoms. The van der Waals surface area contributed by atoms with Crippen LogP contribution in [0.2, 0.25) is 0 Å². The second kappa shape index (κ2) is 7.28. The Hall–Kier alpha value is -2.32. The van der Waals surface area contributed by atoms with Gasteiger partial charge in [-0.1, -0.05) is 0 Å². The molecule has 0 radical (unpaired) electrons. The molecule has 25 heavy (non-hydrogen) atoms. The number of carbonyl (C=O) groups is 1. The lowest BCUT2D eigenvalue weighted by Gasteiger charge is -2.16. The highest BCUT2D eigenvalue weighted by atomic mass is 19.1. The maximum Gasteiger partial charge on any atom is 0.222 e. The van der Waals surface area contributed by atoms with Crippen LogP contribution >= 0.6 is 0 Å². The fourth-order valence-corrected chi connectivity index (χ4v) is 3.40. The molecule has 134 valence electrons. The van der Waals surface area contributed by atoms with Gasteiger partial charge in [0.2, 0.25) is 11.8 Å². The first-order valence-corrected chi connectivity index (χ1v) is 8.23. The Bertz CT molecular complexity index is 785. The van der Waals surface area contributed by atoms with Crippen molar-refractivity contribution in [1.29, 1.82) is 0 Å². The van der Waals surface area contributed by atoms with Crippen LogP contribution < -0.4 is 16.2 Å². The topological polar surface area (TPSA) is 107 Å². The summed E-state index contributed by atoms with van der Waals surface area (Å²) in [6, 6.07) is 3.45. The van der Waals surface area contributed by atoms with E-state index in [1.54, 1.807) is 12.1 Å². The zero-order chi connectivity index (χ0) is 18.0. The van der Waals surface area contributed by atoms with Crippen LogP contribution in [0.1, 0.15) is 5.56 Å². The molecule has 0 aliphatic carbocycles. The maximum atomic E-state index is 14.3. The smallest absolute Gasteiger partial charge is 0.222 e. The van der Waals surface area contributed by atoms with Crippen LogP contribution in [0, 0.1) is 17.7 Å². The summed E-state index contributed by atoms with van der Waals surface area (Å²) in [5.41, 5.74) is 12.8. The van der Waals surface area contributed by atoms with Gasteiger partial charge in [-0.2, -0.15) is 0 Å². The molecule has 0 unspecified atom stereocenters. The van der Waals surface area contributed by atoms with Crippen LogP contribution in [-0.4, -0.2) is 54.1 Å². The van der Waals surface area contributed by atoms with Crippen molar-refractivity contribution in [3.8, 4) is 5.88 Å². The number of aromatic nitrogens is 2. The molecule has 4 N–H and O–H groups in total.